The SMILES string of the molecule is O=C(CSc1ncccn1)N(Cc1ccccc1)c1nc(-c2ccc(F)cc2)cs1. The lowest BCUT2D eigenvalue weighted by Crippen LogP contribution is -2.31. The number of carbonyl (C=O) groups excluding carboxylic acids is 1. The van der Waals surface area contributed by atoms with Crippen LogP contribution in [0.1, 0.15) is 5.56 Å². The third kappa shape index (κ3) is 5.08. The Bertz CT molecular complexity index is 1100. The van der Waals surface area contributed by atoms with Crippen LogP contribution in [0.25, 0.3) is 11.3 Å². The van der Waals surface area contributed by atoms with E-state index in [1.165, 1.54) is 35.2 Å². The lowest BCUT2D eigenvalue weighted by molar-refractivity contribution is -0.116. The van der Waals surface area contributed by atoms with Gasteiger partial charge < -0.3 is 0 Å². The van der Waals surface area contributed by atoms with Gasteiger partial charge in [0.25, 0.3) is 0 Å². The first-order valence-electron chi connectivity index (χ1n) is 9.14. The van der Waals surface area contributed by atoms with Gasteiger partial charge in [0.15, 0.2) is 10.3 Å². The fourth-order valence-corrected chi connectivity index (χ4v) is 4.26. The van der Waals surface area contributed by atoms with Crippen molar-refractivity contribution in [3.63, 3.8) is 0 Å². The van der Waals surface area contributed by atoms with E-state index in [1.54, 1.807) is 35.5 Å². The number of hydrogen-bond donors (Lipinski definition) is 0. The first-order valence-corrected chi connectivity index (χ1v) is 11.0. The average Bonchev–Trinajstić information content (AvgIpc) is 3.27. The Morgan fingerprint density at radius 2 is 1.73 bits per heavy atom. The molecule has 0 aliphatic heterocycles. The summed E-state index contributed by atoms with van der Waals surface area (Å²) in [4.78, 5) is 27.7. The molecule has 2 aromatic carbocycles. The van der Waals surface area contributed by atoms with E-state index in [0.717, 1.165) is 11.1 Å². The highest BCUT2D eigenvalue weighted by Crippen LogP contribution is 2.29. The molecule has 0 spiro atoms. The summed E-state index contributed by atoms with van der Waals surface area (Å²) in [6.45, 7) is 0.409. The van der Waals surface area contributed by atoms with Gasteiger partial charge in [0, 0.05) is 23.3 Å². The minimum Gasteiger partial charge on any atom is -0.283 e. The van der Waals surface area contributed by atoms with Crippen molar-refractivity contribution in [2.75, 3.05) is 10.7 Å². The van der Waals surface area contributed by atoms with Crippen molar-refractivity contribution in [1.29, 1.82) is 0 Å². The molecule has 0 fully saturated rings. The Labute approximate surface area is 181 Å². The molecule has 0 bridgehead atoms. The molecule has 0 radical (unpaired) electrons. The first kappa shape index (κ1) is 20.2. The molecule has 8 heteroatoms. The monoisotopic (exact) mass is 436 g/mol. The minimum atomic E-state index is -0.296. The Morgan fingerprint density at radius 1 is 1.00 bits per heavy atom. The normalized spacial score (nSPS) is 10.7. The average molecular weight is 437 g/mol. The van der Waals surface area contributed by atoms with Crippen molar-refractivity contribution >= 4 is 34.1 Å². The second kappa shape index (κ2) is 9.60. The summed E-state index contributed by atoms with van der Waals surface area (Å²) in [7, 11) is 0. The maximum Gasteiger partial charge on any atom is 0.239 e. The molecular weight excluding hydrogens is 419 g/mol. The van der Waals surface area contributed by atoms with Gasteiger partial charge in [-0.2, -0.15) is 0 Å². The van der Waals surface area contributed by atoms with Crippen molar-refractivity contribution in [2.24, 2.45) is 0 Å². The van der Waals surface area contributed by atoms with Crippen LogP contribution in [0, 0.1) is 5.82 Å². The quantitative estimate of drug-likeness (QED) is 0.299. The second-order valence-corrected chi connectivity index (χ2v) is 8.09. The van der Waals surface area contributed by atoms with Crippen LogP contribution < -0.4 is 4.90 Å². The van der Waals surface area contributed by atoms with Crippen LogP contribution in [0.5, 0.6) is 0 Å². The molecule has 2 aromatic heterocycles. The highest BCUT2D eigenvalue weighted by Gasteiger charge is 2.20. The Hall–Kier alpha value is -3.10. The number of thiazole rings is 1. The van der Waals surface area contributed by atoms with Crippen LogP contribution in [0.2, 0.25) is 0 Å². The summed E-state index contributed by atoms with van der Waals surface area (Å²) >= 11 is 2.67. The fourth-order valence-electron chi connectivity index (χ4n) is 2.73. The van der Waals surface area contributed by atoms with Gasteiger partial charge in [-0.05, 0) is 35.9 Å². The molecule has 30 heavy (non-hydrogen) atoms. The third-order valence-electron chi connectivity index (χ3n) is 4.21. The zero-order valence-electron chi connectivity index (χ0n) is 15.8. The lowest BCUT2D eigenvalue weighted by Gasteiger charge is -2.19. The van der Waals surface area contributed by atoms with Gasteiger partial charge >= 0.3 is 0 Å². The molecule has 0 atom stereocenters. The van der Waals surface area contributed by atoms with E-state index in [9.17, 15) is 9.18 Å². The minimum absolute atomic E-state index is 0.0867. The van der Waals surface area contributed by atoms with Gasteiger partial charge in [-0.1, -0.05) is 42.1 Å². The molecule has 150 valence electrons. The zero-order valence-corrected chi connectivity index (χ0v) is 17.4. The number of carbonyl (C=O) groups is 1. The number of amides is 1. The second-order valence-electron chi connectivity index (χ2n) is 6.31. The van der Waals surface area contributed by atoms with E-state index < -0.39 is 0 Å². The van der Waals surface area contributed by atoms with Crippen molar-refractivity contribution < 1.29 is 9.18 Å². The van der Waals surface area contributed by atoms with E-state index in [0.29, 0.717) is 22.5 Å². The van der Waals surface area contributed by atoms with Crippen molar-refractivity contribution in [3.8, 4) is 11.3 Å². The highest BCUT2D eigenvalue weighted by molar-refractivity contribution is 7.99. The Balaban J connectivity index is 1.57. The van der Waals surface area contributed by atoms with Crippen LogP contribution in [0.3, 0.4) is 0 Å². The number of thioether (sulfide) groups is 1. The molecule has 0 aliphatic carbocycles. The number of rotatable bonds is 7. The molecule has 4 aromatic rings. The van der Waals surface area contributed by atoms with Gasteiger partial charge in [-0.25, -0.2) is 19.3 Å². The number of halogens is 1. The molecule has 0 N–H and O–H groups in total. The molecule has 2 heterocycles. The summed E-state index contributed by atoms with van der Waals surface area (Å²) in [5.74, 6) is -0.186. The summed E-state index contributed by atoms with van der Waals surface area (Å²) < 4.78 is 13.2. The van der Waals surface area contributed by atoms with Crippen LogP contribution in [-0.4, -0.2) is 26.6 Å². The van der Waals surface area contributed by atoms with Gasteiger partial charge in [0.05, 0.1) is 18.0 Å². The highest BCUT2D eigenvalue weighted by atomic mass is 32.2. The first-order chi connectivity index (χ1) is 14.7. The van der Waals surface area contributed by atoms with E-state index in [-0.39, 0.29) is 17.5 Å². The van der Waals surface area contributed by atoms with E-state index in [4.69, 9.17) is 0 Å². The van der Waals surface area contributed by atoms with E-state index in [1.807, 2.05) is 35.7 Å². The summed E-state index contributed by atoms with van der Waals surface area (Å²) in [6.07, 6.45) is 3.30. The predicted molar refractivity (Wildman–Crippen MR) is 118 cm³/mol. The summed E-state index contributed by atoms with van der Waals surface area (Å²) in [5, 5.41) is 3.02. The molecule has 5 nitrogen and oxygen atoms in total. The molecule has 4 rings (SSSR count). The van der Waals surface area contributed by atoms with Crippen LogP contribution in [0.15, 0.2) is 83.6 Å². The maximum atomic E-state index is 13.2. The molecule has 0 saturated carbocycles. The van der Waals surface area contributed by atoms with Crippen LogP contribution >= 0.6 is 23.1 Å². The van der Waals surface area contributed by atoms with Gasteiger partial charge in [0.1, 0.15) is 5.82 Å². The molecule has 1 amide bonds. The molecular formula is C22H17FN4OS2. The third-order valence-corrected chi connectivity index (χ3v) is 5.94. The standard InChI is InChI=1S/C22H17FN4OS2/c23-18-9-7-17(8-10-18)19-14-30-22(26-19)27(13-16-5-2-1-3-6-16)20(28)15-29-21-24-11-4-12-25-21/h1-12,14H,13,15H2. The number of benzene rings is 2. The maximum absolute atomic E-state index is 13.2. The fraction of sp³-hybridized carbons (Fsp3) is 0.0909. The number of nitrogens with zero attached hydrogens (tertiary/aromatic N) is 4. The van der Waals surface area contributed by atoms with Gasteiger partial charge in [-0.15, -0.1) is 11.3 Å². The topological polar surface area (TPSA) is 59.0 Å². The molecule has 0 aliphatic rings. The molecule has 0 unspecified atom stereocenters. The van der Waals surface area contributed by atoms with Crippen molar-refractivity contribution in [3.05, 3.63) is 89.8 Å². The van der Waals surface area contributed by atoms with Crippen LogP contribution in [0.4, 0.5) is 9.52 Å². The Kier molecular flexibility index (Phi) is 6.46. The predicted octanol–water partition coefficient (Wildman–Crippen LogP) is 5.06. The zero-order chi connectivity index (χ0) is 20.8. The Morgan fingerprint density at radius 3 is 2.47 bits per heavy atom. The van der Waals surface area contributed by atoms with Crippen molar-refractivity contribution in [2.45, 2.75) is 11.7 Å². The number of aromatic nitrogens is 3. The lowest BCUT2D eigenvalue weighted by atomic mass is 10.2. The largest absolute Gasteiger partial charge is 0.283 e. The summed E-state index contributed by atoms with van der Waals surface area (Å²) in [5.41, 5.74) is 2.52. The molecule has 0 saturated heterocycles. The van der Waals surface area contributed by atoms with Gasteiger partial charge in [-0.3, -0.25) is 9.69 Å². The van der Waals surface area contributed by atoms with Crippen LogP contribution in [-0.2, 0) is 11.3 Å². The van der Waals surface area contributed by atoms with E-state index >= 15 is 0 Å². The summed E-state index contributed by atoms with van der Waals surface area (Å²) in [6, 6.07) is 17.7. The smallest absolute Gasteiger partial charge is 0.239 e. The van der Waals surface area contributed by atoms with Crippen molar-refractivity contribution in [1.82, 2.24) is 15.0 Å². The number of anilines is 1. The number of hydrogen-bond acceptors (Lipinski definition) is 6. The van der Waals surface area contributed by atoms with Gasteiger partial charge in [0.2, 0.25) is 5.91 Å². The van der Waals surface area contributed by atoms with E-state index in [2.05, 4.69) is 15.0 Å².